The number of nitrogens with two attached hydrogens (primary N) is 1. The number of benzene rings is 2. The Kier molecular flexibility index (Phi) is 5.38. The van der Waals surface area contributed by atoms with Crippen molar-refractivity contribution in [3.63, 3.8) is 0 Å². The Labute approximate surface area is 192 Å². The minimum Gasteiger partial charge on any atom is -0.475 e. The van der Waals surface area contributed by atoms with Crippen LogP contribution < -0.4 is 10.5 Å². The Morgan fingerprint density at radius 3 is 2.44 bits per heavy atom. The topological polar surface area (TPSA) is 97.8 Å². The molecule has 3 heterocycles. The lowest BCUT2D eigenvalue weighted by Crippen LogP contribution is -2.29. The summed E-state index contributed by atoms with van der Waals surface area (Å²) in [5, 5.41) is 7.51. The van der Waals surface area contributed by atoms with Crippen molar-refractivity contribution < 1.29 is 27.8 Å². The molecular formula is C21H12BrClF3N3O3. The normalized spacial score (nSPS) is 17.8. The average molecular weight is 527 g/mol. The number of pyridine rings is 1. The van der Waals surface area contributed by atoms with Crippen LogP contribution in [0.2, 0.25) is 5.15 Å². The van der Waals surface area contributed by atoms with Crippen LogP contribution in [0, 0.1) is 0 Å². The lowest BCUT2D eigenvalue weighted by molar-refractivity contribution is -0.192. The van der Waals surface area contributed by atoms with Crippen LogP contribution in [0.15, 0.2) is 64.2 Å². The number of nitrogens with zero attached hydrogens (tertiary/aromatic N) is 2. The fraction of sp³-hybridized carbons (Fsp3) is 0.0952. The summed E-state index contributed by atoms with van der Waals surface area (Å²) in [4.78, 5) is 18.0. The Morgan fingerprint density at radius 1 is 1.09 bits per heavy atom. The quantitative estimate of drug-likeness (QED) is 0.390. The summed E-state index contributed by atoms with van der Waals surface area (Å²) in [7, 11) is 0. The molecule has 11 heteroatoms. The van der Waals surface area contributed by atoms with Gasteiger partial charge >= 0.3 is 12.1 Å². The molecule has 1 unspecified atom stereocenters. The van der Waals surface area contributed by atoms with E-state index in [4.69, 9.17) is 37.0 Å². The van der Waals surface area contributed by atoms with E-state index in [1.54, 1.807) is 12.3 Å². The van der Waals surface area contributed by atoms with Crippen LogP contribution in [0.3, 0.4) is 0 Å². The third-order valence-electron chi connectivity index (χ3n) is 4.90. The number of carboxylic acid groups (broad SMARTS) is 1. The second-order valence-corrected chi connectivity index (χ2v) is 8.10. The first kappa shape index (κ1) is 22.1. The molecular weight excluding hydrogens is 515 g/mol. The van der Waals surface area contributed by atoms with Crippen LogP contribution in [-0.4, -0.2) is 28.1 Å². The van der Waals surface area contributed by atoms with Crippen molar-refractivity contribution in [2.75, 3.05) is 0 Å². The van der Waals surface area contributed by atoms with E-state index in [0.29, 0.717) is 16.7 Å². The minimum absolute atomic E-state index is 0.387. The number of ether oxygens (including phenoxy) is 1. The van der Waals surface area contributed by atoms with Crippen LogP contribution >= 0.6 is 27.5 Å². The van der Waals surface area contributed by atoms with Gasteiger partial charge in [0.05, 0.1) is 6.20 Å². The van der Waals surface area contributed by atoms with E-state index < -0.39 is 17.7 Å². The average Bonchev–Trinajstić information content (AvgIpc) is 3.03. The Balaban J connectivity index is 0.000000307. The first-order valence-corrected chi connectivity index (χ1v) is 10.1. The van der Waals surface area contributed by atoms with Gasteiger partial charge in [0.1, 0.15) is 22.3 Å². The fourth-order valence-corrected chi connectivity index (χ4v) is 4.17. The highest BCUT2D eigenvalue weighted by Gasteiger charge is 2.49. The summed E-state index contributed by atoms with van der Waals surface area (Å²) >= 11 is 9.76. The largest absolute Gasteiger partial charge is 0.490 e. The number of hydrogen-bond donors (Lipinski definition) is 2. The summed E-state index contributed by atoms with van der Waals surface area (Å²) in [5.41, 5.74) is 9.20. The third kappa shape index (κ3) is 3.59. The predicted octanol–water partition coefficient (Wildman–Crippen LogP) is 5.25. The summed E-state index contributed by atoms with van der Waals surface area (Å²) in [6.07, 6.45) is -3.45. The molecule has 1 aromatic heterocycles. The molecule has 0 amide bonds. The minimum atomic E-state index is -5.08. The molecule has 0 fully saturated rings. The molecule has 0 bridgehead atoms. The number of aromatic nitrogens is 1. The molecule has 32 heavy (non-hydrogen) atoms. The highest BCUT2D eigenvalue weighted by Crippen LogP contribution is 2.55. The molecule has 6 nitrogen and oxygen atoms in total. The third-order valence-corrected chi connectivity index (χ3v) is 5.60. The van der Waals surface area contributed by atoms with Crippen molar-refractivity contribution in [2.24, 2.45) is 10.7 Å². The number of amidine groups is 1. The zero-order chi connectivity index (χ0) is 23.3. The van der Waals surface area contributed by atoms with E-state index in [1.807, 2.05) is 42.5 Å². The number of aliphatic carboxylic acids is 1. The van der Waals surface area contributed by atoms with Crippen LogP contribution in [0.4, 0.5) is 13.2 Å². The van der Waals surface area contributed by atoms with E-state index in [9.17, 15) is 13.2 Å². The molecule has 1 spiro atoms. The number of fused-ring (bicyclic) bond motifs is 6. The van der Waals surface area contributed by atoms with Crippen molar-refractivity contribution >= 4 is 39.3 Å². The van der Waals surface area contributed by atoms with Crippen LogP contribution in [0.1, 0.15) is 22.3 Å². The zero-order valence-corrected chi connectivity index (χ0v) is 18.2. The van der Waals surface area contributed by atoms with Gasteiger partial charge < -0.3 is 15.6 Å². The van der Waals surface area contributed by atoms with Crippen molar-refractivity contribution in [3.8, 4) is 11.5 Å². The van der Waals surface area contributed by atoms with Gasteiger partial charge in [0.15, 0.2) is 5.75 Å². The fourth-order valence-electron chi connectivity index (χ4n) is 3.65. The van der Waals surface area contributed by atoms with Crippen LogP contribution in [-0.2, 0) is 10.3 Å². The number of halogens is 5. The van der Waals surface area contributed by atoms with Crippen molar-refractivity contribution in [3.05, 3.63) is 86.6 Å². The molecule has 1 atom stereocenters. The lowest BCUT2D eigenvalue weighted by Gasteiger charge is -2.35. The van der Waals surface area contributed by atoms with Gasteiger partial charge in [0.2, 0.25) is 0 Å². The van der Waals surface area contributed by atoms with Crippen LogP contribution in [0.25, 0.3) is 0 Å². The van der Waals surface area contributed by atoms with E-state index in [1.165, 1.54) is 0 Å². The number of carboxylic acids is 1. The van der Waals surface area contributed by atoms with Gasteiger partial charge in [-0.05, 0) is 29.8 Å². The SMILES string of the molecule is NC1=NC2(c3cc(Br)ccc3Oc3cnc(Cl)cc32)c2ccccc21.O=C(O)C(F)(F)F. The number of alkyl halides is 3. The molecule has 5 rings (SSSR count). The van der Waals surface area contributed by atoms with Gasteiger partial charge in [0, 0.05) is 21.2 Å². The highest BCUT2D eigenvalue weighted by atomic mass is 79.9. The predicted molar refractivity (Wildman–Crippen MR) is 114 cm³/mol. The number of hydrogen-bond acceptors (Lipinski definition) is 5. The smallest absolute Gasteiger partial charge is 0.475 e. The Bertz CT molecular complexity index is 1230. The zero-order valence-electron chi connectivity index (χ0n) is 15.8. The molecule has 164 valence electrons. The van der Waals surface area contributed by atoms with Gasteiger partial charge in [-0.25, -0.2) is 14.8 Å². The van der Waals surface area contributed by atoms with Gasteiger partial charge in [-0.1, -0.05) is 51.8 Å². The van der Waals surface area contributed by atoms with Gasteiger partial charge in [-0.15, -0.1) is 0 Å². The summed E-state index contributed by atoms with van der Waals surface area (Å²) in [6.45, 7) is 0. The molecule has 2 aliphatic heterocycles. The molecule has 0 aliphatic carbocycles. The van der Waals surface area contributed by atoms with Gasteiger partial charge in [-0.2, -0.15) is 13.2 Å². The summed E-state index contributed by atoms with van der Waals surface area (Å²) in [6, 6.07) is 15.7. The van der Waals surface area contributed by atoms with Crippen molar-refractivity contribution in [1.29, 1.82) is 0 Å². The van der Waals surface area contributed by atoms with Gasteiger partial charge in [0.25, 0.3) is 0 Å². The number of aliphatic imine (C=N–C) groups is 1. The van der Waals surface area contributed by atoms with Gasteiger partial charge in [-0.3, -0.25) is 0 Å². The monoisotopic (exact) mass is 525 g/mol. The molecule has 3 N–H and O–H groups in total. The Morgan fingerprint density at radius 2 is 1.75 bits per heavy atom. The number of carbonyl (C=O) groups is 1. The molecule has 0 saturated heterocycles. The molecule has 0 radical (unpaired) electrons. The maximum absolute atomic E-state index is 10.6. The van der Waals surface area contributed by atoms with E-state index in [-0.39, 0.29) is 0 Å². The number of rotatable bonds is 0. The molecule has 0 saturated carbocycles. The van der Waals surface area contributed by atoms with E-state index in [0.717, 1.165) is 32.5 Å². The molecule has 3 aromatic rings. The molecule has 2 aromatic carbocycles. The standard InChI is InChI=1S/C19H11BrClN3O.C2HF3O2/c20-10-5-6-15-13(7-10)19(14-8-17(21)23-9-16(14)25-15)12-4-2-1-3-11(12)18(22)24-19;3-2(4,5)1(6)7/h1-9H,(H2,22,24);(H,6,7). The van der Waals surface area contributed by atoms with Crippen molar-refractivity contribution in [2.45, 2.75) is 11.7 Å². The Hall–Kier alpha value is -3.11. The lowest BCUT2D eigenvalue weighted by atomic mass is 9.76. The first-order valence-electron chi connectivity index (χ1n) is 8.93. The maximum atomic E-state index is 10.6. The van der Waals surface area contributed by atoms with Crippen molar-refractivity contribution in [1.82, 2.24) is 4.98 Å². The highest BCUT2D eigenvalue weighted by molar-refractivity contribution is 9.10. The summed E-state index contributed by atoms with van der Waals surface area (Å²) in [5.74, 6) is -0.893. The van der Waals surface area contributed by atoms with E-state index >= 15 is 0 Å². The molecule has 2 aliphatic rings. The maximum Gasteiger partial charge on any atom is 0.490 e. The van der Waals surface area contributed by atoms with E-state index in [2.05, 4.69) is 20.9 Å². The second kappa shape index (κ2) is 7.79. The first-order chi connectivity index (χ1) is 15.0. The summed E-state index contributed by atoms with van der Waals surface area (Å²) < 4.78 is 38.7. The second-order valence-electron chi connectivity index (χ2n) is 6.80. The van der Waals surface area contributed by atoms with Crippen LogP contribution in [0.5, 0.6) is 11.5 Å².